The van der Waals surface area contributed by atoms with Crippen molar-refractivity contribution >= 4 is 5.69 Å². The summed E-state index contributed by atoms with van der Waals surface area (Å²) in [7, 11) is 0. The molecule has 0 amide bonds. The molecule has 2 aromatic rings. The number of hydrogen-bond donors (Lipinski definition) is 1. The minimum atomic E-state index is -0.452. The fraction of sp³-hybridized carbons (Fsp3) is 0.429. The quantitative estimate of drug-likeness (QED) is 0.683. The largest absolute Gasteiger partial charge is 0.339 e. The van der Waals surface area contributed by atoms with Crippen LogP contribution in [-0.4, -0.2) is 20.6 Å². The van der Waals surface area contributed by atoms with Crippen molar-refractivity contribution in [3.63, 3.8) is 0 Å². The number of hydrogen-bond acceptors (Lipinski definition) is 6. The van der Waals surface area contributed by atoms with Gasteiger partial charge in [-0.2, -0.15) is 4.98 Å². The Morgan fingerprint density at radius 1 is 1.33 bits per heavy atom. The first-order valence-corrected chi connectivity index (χ1v) is 6.93. The van der Waals surface area contributed by atoms with E-state index in [4.69, 9.17) is 10.3 Å². The number of para-hydroxylation sites is 1. The SMILES string of the molecule is NC1(Cc2nc(-c3ccccc3[N+](=O)[O-])no2)CCCC1. The van der Waals surface area contributed by atoms with E-state index < -0.39 is 4.92 Å². The molecule has 0 bridgehead atoms. The maximum Gasteiger partial charge on any atom is 0.280 e. The molecule has 110 valence electrons. The molecule has 0 aliphatic heterocycles. The number of nitrogens with zero attached hydrogens (tertiary/aromatic N) is 3. The van der Waals surface area contributed by atoms with E-state index in [0.717, 1.165) is 25.7 Å². The van der Waals surface area contributed by atoms with Gasteiger partial charge in [-0.25, -0.2) is 0 Å². The third-order valence-corrected chi connectivity index (χ3v) is 3.91. The van der Waals surface area contributed by atoms with E-state index in [1.807, 2.05) is 0 Å². The topological polar surface area (TPSA) is 108 Å². The first-order chi connectivity index (χ1) is 10.1. The van der Waals surface area contributed by atoms with Gasteiger partial charge in [0.1, 0.15) is 5.56 Å². The van der Waals surface area contributed by atoms with Crippen LogP contribution in [0.4, 0.5) is 5.69 Å². The maximum absolute atomic E-state index is 11.0. The molecule has 3 rings (SSSR count). The number of benzene rings is 1. The average molecular weight is 288 g/mol. The van der Waals surface area contributed by atoms with E-state index in [1.54, 1.807) is 18.2 Å². The number of nitro groups is 1. The lowest BCUT2D eigenvalue weighted by Crippen LogP contribution is -2.38. The lowest BCUT2D eigenvalue weighted by atomic mass is 9.95. The standard InChI is InChI=1S/C14H16N4O3/c15-14(7-3-4-8-14)9-12-16-13(17-21-12)10-5-1-2-6-11(10)18(19)20/h1-2,5-6H,3-4,7-9,15H2. The number of rotatable bonds is 4. The second kappa shape index (κ2) is 5.25. The summed E-state index contributed by atoms with van der Waals surface area (Å²) in [5.74, 6) is 0.673. The summed E-state index contributed by atoms with van der Waals surface area (Å²) >= 11 is 0. The van der Waals surface area contributed by atoms with Crippen molar-refractivity contribution in [3.8, 4) is 11.4 Å². The van der Waals surface area contributed by atoms with E-state index in [0.29, 0.717) is 17.9 Å². The molecule has 1 saturated carbocycles. The van der Waals surface area contributed by atoms with Crippen LogP contribution in [0.2, 0.25) is 0 Å². The molecule has 7 heteroatoms. The van der Waals surface area contributed by atoms with Crippen molar-refractivity contribution in [2.45, 2.75) is 37.6 Å². The molecule has 21 heavy (non-hydrogen) atoms. The van der Waals surface area contributed by atoms with Gasteiger partial charge >= 0.3 is 0 Å². The molecule has 7 nitrogen and oxygen atoms in total. The van der Waals surface area contributed by atoms with Crippen LogP contribution in [0.3, 0.4) is 0 Å². The van der Waals surface area contributed by atoms with Gasteiger partial charge in [0.2, 0.25) is 11.7 Å². The van der Waals surface area contributed by atoms with Crippen LogP contribution in [0.25, 0.3) is 11.4 Å². The molecule has 1 fully saturated rings. The van der Waals surface area contributed by atoms with Gasteiger partial charge in [0.25, 0.3) is 5.69 Å². The van der Waals surface area contributed by atoms with Gasteiger partial charge in [0.15, 0.2) is 0 Å². The minimum Gasteiger partial charge on any atom is -0.339 e. The summed E-state index contributed by atoms with van der Waals surface area (Å²) in [6, 6.07) is 6.35. The van der Waals surface area contributed by atoms with E-state index in [9.17, 15) is 10.1 Å². The van der Waals surface area contributed by atoms with E-state index >= 15 is 0 Å². The first-order valence-electron chi connectivity index (χ1n) is 6.93. The Morgan fingerprint density at radius 2 is 2.05 bits per heavy atom. The summed E-state index contributed by atoms with van der Waals surface area (Å²) in [5, 5.41) is 14.9. The maximum atomic E-state index is 11.0. The van der Waals surface area contributed by atoms with Crippen molar-refractivity contribution in [2.75, 3.05) is 0 Å². The Balaban J connectivity index is 1.87. The highest BCUT2D eigenvalue weighted by Crippen LogP contribution is 2.31. The summed E-state index contributed by atoms with van der Waals surface area (Å²) in [5.41, 5.74) is 6.32. The first kappa shape index (κ1) is 13.7. The third-order valence-electron chi connectivity index (χ3n) is 3.91. The van der Waals surface area contributed by atoms with Gasteiger partial charge in [-0.3, -0.25) is 10.1 Å². The fourth-order valence-corrected chi connectivity index (χ4v) is 2.82. The van der Waals surface area contributed by atoms with Crippen molar-refractivity contribution in [3.05, 3.63) is 40.3 Å². The molecular formula is C14H16N4O3. The van der Waals surface area contributed by atoms with E-state index in [2.05, 4.69) is 10.1 Å². The molecule has 1 aliphatic rings. The van der Waals surface area contributed by atoms with Gasteiger partial charge in [-0.1, -0.05) is 30.1 Å². The minimum absolute atomic E-state index is 0.0341. The van der Waals surface area contributed by atoms with Crippen molar-refractivity contribution in [1.82, 2.24) is 10.1 Å². The predicted molar refractivity (Wildman–Crippen MR) is 75.5 cm³/mol. The monoisotopic (exact) mass is 288 g/mol. The highest BCUT2D eigenvalue weighted by Gasteiger charge is 2.32. The zero-order valence-electron chi connectivity index (χ0n) is 11.5. The molecule has 1 aromatic heterocycles. The van der Waals surface area contributed by atoms with Crippen LogP contribution in [0, 0.1) is 10.1 Å². The Morgan fingerprint density at radius 3 is 2.76 bits per heavy atom. The fourth-order valence-electron chi connectivity index (χ4n) is 2.82. The van der Waals surface area contributed by atoms with Gasteiger partial charge in [0.05, 0.1) is 4.92 Å². The summed E-state index contributed by atoms with van der Waals surface area (Å²) in [4.78, 5) is 14.8. The van der Waals surface area contributed by atoms with Gasteiger partial charge in [0, 0.05) is 18.0 Å². The molecule has 1 aromatic carbocycles. The van der Waals surface area contributed by atoms with Crippen LogP contribution in [-0.2, 0) is 6.42 Å². The normalized spacial score (nSPS) is 17.0. The molecular weight excluding hydrogens is 272 g/mol. The van der Waals surface area contributed by atoms with Gasteiger partial charge in [-0.15, -0.1) is 0 Å². The van der Waals surface area contributed by atoms with Crippen LogP contribution >= 0.6 is 0 Å². The molecule has 2 N–H and O–H groups in total. The molecule has 1 aliphatic carbocycles. The smallest absolute Gasteiger partial charge is 0.280 e. The van der Waals surface area contributed by atoms with Crippen LogP contribution in [0.5, 0.6) is 0 Å². The highest BCUT2D eigenvalue weighted by molar-refractivity contribution is 5.67. The zero-order chi connectivity index (χ0) is 14.9. The van der Waals surface area contributed by atoms with Crippen LogP contribution < -0.4 is 5.73 Å². The lowest BCUT2D eigenvalue weighted by molar-refractivity contribution is -0.384. The Hall–Kier alpha value is -2.28. The zero-order valence-corrected chi connectivity index (χ0v) is 11.5. The van der Waals surface area contributed by atoms with Crippen LogP contribution in [0.15, 0.2) is 28.8 Å². The second-order valence-electron chi connectivity index (χ2n) is 5.53. The third kappa shape index (κ3) is 2.78. The van der Waals surface area contributed by atoms with E-state index in [1.165, 1.54) is 6.07 Å². The second-order valence-corrected chi connectivity index (χ2v) is 5.53. The Kier molecular flexibility index (Phi) is 3.42. The molecule has 0 unspecified atom stereocenters. The molecule has 0 spiro atoms. The molecule has 0 saturated heterocycles. The Labute approximate surface area is 121 Å². The predicted octanol–water partition coefficient (Wildman–Crippen LogP) is 2.46. The average Bonchev–Trinajstić information content (AvgIpc) is 3.08. The van der Waals surface area contributed by atoms with Crippen molar-refractivity contribution in [1.29, 1.82) is 0 Å². The lowest BCUT2D eigenvalue weighted by Gasteiger charge is -2.20. The Bertz CT molecular complexity index is 662. The highest BCUT2D eigenvalue weighted by atomic mass is 16.6. The van der Waals surface area contributed by atoms with E-state index in [-0.39, 0.29) is 17.1 Å². The summed E-state index contributed by atoms with van der Waals surface area (Å²) in [6.07, 6.45) is 4.62. The van der Waals surface area contributed by atoms with Crippen molar-refractivity contribution in [2.24, 2.45) is 5.73 Å². The molecule has 1 heterocycles. The molecule has 0 atom stereocenters. The van der Waals surface area contributed by atoms with Crippen LogP contribution in [0.1, 0.15) is 31.6 Å². The summed E-state index contributed by atoms with van der Waals surface area (Å²) < 4.78 is 5.22. The number of nitro benzene ring substituents is 1. The van der Waals surface area contributed by atoms with Gasteiger partial charge < -0.3 is 10.3 Å². The number of nitrogens with two attached hydrogens (primary N) is 1. The van der Waals surface area contributed by atoms with Gasteiger partial charge in [-0.05, 0) is 18.9 Å². The molecule has 0 radical (unpaired) electrons. The summed E-state index contributed by atoms with van der Waals surface area (Å²) in [6.45, 7) is 0. The van der Waals surface area contributed by atoms with Crippen molar-refractivity contribution < 1.29 is 9.45 Å². The number of aromatic nitrogens is 2.